The lowest BCUT2D eigenvalue weighted by atomic mass is 9.49. The third kappa shape index (κ3) is 2.75. The molecule has 0 spiro atoms. The van der Waals surface area contributed by atoms with Crippen LogP contribution in [0.15, 0.2) is 35.1 Å². The molecule has 2 heterocycles. The largest absolute Gasteiger partial charge is 0.355 e. The molecule has 4 saturated carbocycles. The van der Waals surface area contributed by atoms with Crippen molar-refractivity contribution in [2.24, 2.45) is 23.2 Å². The first-order valence-electron chi connectivity index (χ1n) is 9.34. The zero-order valence-electron chi connectivity index (χ0n) is 14.3. The molecule has 5 nitrogen and oxygen atoms in total. The Kier molecular flexibility index (Phi) is 3.43. The van der Waals surface area contributed by atoms with Crippen LogP contribution in [0.1, 0.15) is 49.0 Å². The monoisotopic (exact) mass is 337 g/mol. The summed E-state index contributed by atoms with van der Waals surface area (Å²) in [5, 5.41) is 7.10. The zero-order chi connectivity index (χ0) is 16.9. The molecule has 1 amide bonds. The zero-order valence-corrected chi connectivity index (χ0v) is 14.3. The average Bonchev–Trinajstić information content (AvgIpc) is 3.10. The molecule has 4 bridgehead atoms. The van der Waals surface area contributed by atoms with E-state index < -0.39 is 0 Å². The molecule has 25 heavy (non-hydrogen) atoms. The van der Waals surface area contributed by atoms with Crippen LogP contribution in [0.5, 0.6) is 0 Å². The van der Waals surface area contributed by atoms with Crippen molar-refractivity contribution in [1.29, 1.82) is 0 Å². The highest BCUT2D eigenvalue weighted by Gasteiger charge is 2.50. The van der Waals surface area contributed by atoms with Crippen molar-refractivity contribution in [1.82, 2.24) is 15.5 Å². The molecule has 2 aromatic rings. The van der Waals surface area contributed by atoms with Crippen LogP contribution >= 0.6 is 0 Å². The Morgan fingerprint density at radius 2 is 1.76 bits per heavy atom. The van der Waals surface area contributed by atoms with Crippen LogP contribution in [-0.4, -0.2) is 22.6 Å². The van der Waals surface area contributed by atoms with Gasteiger partial charge in [-0.2, -0.15) is 0 Å². The van der Waals surface area contributed by atoms with Gasteiger partial charge in [0.15, 0.2) is 11.5 Å². The summed E-state index contributed by atoms with van der Waals surface area (Å²) in [4.78, 5) is 16.5. The van der Waals surface area contributed by atoms with E-state index in [1.165, 1.54) is 38.5 Å². The van der Waals surface area contributed by atoms with Gasteiger partial charge in [-0.25, -0.2) is 0 Å². The summed E-state index contributed by atoms with van der Waals surface area (Å²) < 4.78 is 5.33. The molecule has 2 aromatic heterocycles. The fourth-order valence-corrected chi connectivity index (χ4v) is 5.90. The lowest BCUT2D eigenvalue weighted by Gasteiger charge is -2.56. The Morgan fingerprint density at radius 3 is 2.40 bits per heavy atom. The summed E-state index contributed by atoms with van der Waals surface area (Å²) in [7, 11) is 0. The minimum atomic E-state index is -0.125. The number of hydrogen-bond donors (Lipinski definition) is 1. The molecule has 6 rings (SSSR count). The Labute approximate surface area is 147 Å². The second-order valence-corrected chi connectivity index (χ2v) is 8.41. The first-order chi connectivity index (χ1) is 12.2. The van der Waals surface area contributed by atoms with Gasteiger partial charge in [-0.1, -0.05) is 5.16 Å². The summed E-state index contributed by atoms with van der Waals surface area (Å²) in [5.74, 6) is 3.16. The smallest absolute Gasteiger partial charge is 0.273 e. The molecule has 4 fully saturated rings. The van der Waals surface area contributed by atoms with Gasteiger partial charge in [-0.15, -0.1) is 0 Å². The topological polar surface area (TPSA) is 68.0 Å². The van der Waals surface area contributed by atoms with E-state index in [-0.39, 0.29) is 5.91 Å². The Bertz CT molecular complexity index is 748. The minimum Gasteiger partial charge on any atom is -0.355 e. The second kappa shape index (κ2) is 5.68. The molecule has 1 N–H and O–H groups in total. The van der Waals surface area contributed by atoms with Gasteiger partial charge in [0, 0.05) is 30.6 Å². The third-order valence-corrected chi connectivity index (χ3v) is 6.50. The van der Waals surface area contributed by atoms with E-state index in [4.69, 9.17) is 4.52 Å². The highest BCUT2D eigenvalue weighted by Crippen LogP contribution is 2.59. The Morgan fingerprint density at radius 1 is 1.12 bits per heavy atom. The lowest BCUT2D eigenvalue weighted by Crippen LogP contribution is -2.51. The normalized spacial score (nSPS) is 32.7. The second-order valence-electron chi connectivity index (χ2n) is 8.41. The Hall–Kier alpha value is -2.17. The number of pyridine rings is 1. The van der Waals surface area contributed by atoms with E-state index in [1.807, 2.05) is 12.1 Å². The number of aromatic nitrogens is 2. The minimum absolute atomic E-state index is 0.125. The van der Waals surface area contributed by atoms with Crippen LogP contribution in [0, 0.1) is 23.2 Å². The van der Waals surface area contributed by atoms with Crippen LogP contribution in [0.3, 0.4) is 0 Å². The van der Waals surface area contributed by atoms with Crippen LogP contribution in [0.2, 0.25) is 0 Å². The van der Waals surface area contributed by atoms with Crippen LogP contribution in [0.25, 0.3) is 11.3 Å². The quantitative estimate of drug-likeness (QED) is 0.924. The molecule has 4 aliphatic rings. The van der Waals surface area contributed by atoms with Crippen molar-refractivity contribution in [3.05, 3.63) is 36.3 Å². The highest BCUT2D eigenvalue weighted by molar-refractivity contribution is 5.93. The molecule has 4 aliphatic carbocycles. The molecule has 130 valence electrons. The number of rotatable bonds is 4. The molecule has 0 radical (unpaired) electrons. The number of nitrogens with zero attached hydrogens (tertiary/aromatic N) is 2. The summed E-state index contributed by atoms with van der Waals surface area (Å²) in [5.41, 5.74) is 1.57. The molecule has 5 heteroatoms. The van der Waals surface area contributed by atoms with Gasteiger partial charge in [-0.3, -0.25) is 9.78 Å². The van der Waals surface area contributed by atoms with E-state index in [0.717, 1.165) is 29.9 Å². The maximum atomic E-state index is 12.5. The van der Waals surface area contributed by atoms with Gasteiger partial charge in [0.2, 0.25) is 0 Å². The first-order valence-corrected chi connectivity index (χ1v) is 9.34. The standard InChI is InChI=1S/C20H23N3O2/c24-19(17-8-18(25-23-17)16-1-3-21-4-2-16)22-12-20-9-13-5-14(10-20)7-15(6-13)11-20/h1-4,8,13-15H,5-7,9-12H2,(H,22,24). The fraction of sp³-hybridized carbons (Fsp3) is 0.550. The SMILES string of the molecule is O=C(NCC12CC3CC(CC(C3)C1)C2)c1cc(-c2ccncc2)on1. The molecule has 0 saturated heterocycles. The van der Waals surface area contributed by atoms with Crippen molar-refractivity contribution < 1.29 is 9.32 Å². The van der Waals surface area contributed by atoms with Crippen molar-refractivity contribution in [2.75, 3.05) is 6.54 Å². The molecule has 0 atom stereocenters. The molecular weight excluding hydrogens is 314 g/mol. The molecule has 0 unspecified atom stereocenters. The number of hydrogen-bond acceptors (Lipinski definition) is 4. The van der Waals surface area contributed by atoms with Gasteiger partial charge >= 0.3 is 0 Å². The molecular formula is C20H23N3O2. The van der Waals surface area contributed by atoms with E-state index in [1.54, 1.807) is 18.5 Å². The summed E-state index contributed by atoms with van der Waals surface area (Å²) >= 11 is 0. The number of carbonyl (C=O) groups excluding carboxylic acids is 1. The van der Waals surface area contributed by atoms with Crippen molar-refractivity contribution in [2.45, 2.75) is 38.5 Å². The van der Waals surface area contributed by atoms with Crippen LogP contribution in [-0.2, 0) is 0 Å². The van der Waals surface area contributed by atoms with Crippen LogP contribution in [0.4, 0.5) is 0 Å². The van der Waals surface area contributed by atoms with Crippen molar-refractivity contribution in [3.8, 4) is 11.3 Å². The van der Waals surface area contributed by atoms with Crippen LogP contribution < -0.4 is 5.32 Å². The van der Waals surface area contributed by atoms with Gasteiger partial charge in [0.25, 0.3) is 5.91 Å². The fourth-order valence-electron chi connectivity index (χ4n) is 5.90. The van der Waals surface area contributed by atoms with E-state index in [2.05, 4.69) is 15.5 Å². The summed E-state index contributed by atoms with van der Waals surface area (Å²) in [6, 6.07) is 5.40. The maximum absolute atomic E-state index is 12.5. The average molecular weight is 337 g/mol. The van der Waals surface area contributed by atoms with Crippen molar-refractivity contribution >= 4 is 5.91 Å². The maximum Gasteiger partial charge on any atom is 0.273 e. The predicted octanol–water partition coefficient (Wildman–Crippen LogP) is 3.68. The van der Waals surface area contributed by atoms with E-state index in [9.17, 15) is 4.79 Å². The predicted molar refractivity (Wildman–Crippen MR) is 92.7 cm³/mol. The number of nitrogens with one attached hydrogen (secondary N) is 1. The van der Waals surface area contributed by atoms with E-state index >= 15 is 0 Å². The van der Waals surface area contributed by atoms with Gasteiger partial charge in [-0.05, 0) is 73.8 Å². The number of amides is 1. The Balaban J connectivity index is 1.26. The molecule has 0 aromatic carbocycles. The lowest BCUT2D eigenvalue weighted by molar-refractivity contribution is -0.0503. The van der Waals surface area contributed by atoms with Gasteiger partial charge < -0.3 is 9.84 Å². The van der Waals surface area contributed by atoms with Gasteiger partial charge in [0.05, 0.1) is 0 Å². The first kappa shape index (κ1) is 15.1. The highest BCUT2D eigenvalue weighted by atomic mass is 16.5. The number of carbonyl (C=O) groups is 1. The summed E-state index contributed by atoms with van der Waals surface area (Å²) in [6.07, 6.45) is 11.5. The molecule has 0 aliphatic heterocycles. The third-order valence-electron chi connectivity index (χ3n) is 6.50. The van der Waals surface area contributed by atoms with E-state index in [0.29, 0.717) is 16.9 Å². The van der Waals surface area contributed by atoms with Gasteiger partial charge in [0.1, 0.15) is 0 Å². The van der Waals surface area contributed by atoms with Crippen molar-refractivity contribution in [3.63, 3.8) is 0 Å². The summed E-state index contributed by atoms with van der Waals surface area (Å²) in [6.45, 7) is 0.785.